The summed E-state index contributed by atoms with van der Waals surface area (Å²) in [5.41, 5.74) is 2.55. The molecule has 262 valence electrons. The molecule has 0 aliphatic carbocycles. The Morgan fingerprint density at radius 2 is 1.38 bits per heavy atom. The molecule has 10 nitrogen and oxygen atoms in total. The zero-order chi connectivity index (χ0) is 35.7. The van der Waals surface area contributed by atoms with Gasteiger partial charge in [-0.15, -0.1) is 0 Å². The van der Waals surface area contributed by atoms with E-state index in [1.165, 1.54) is 42.7 Å². The molecule has 2 N–H and O–H groups in total. The Morgan fingerprint density at radius 1 is 0.740 bits per heavy atom. The van der Waals surface area contributed by atoms with Gasteiger partial charge in [-0.2, -0.15) is 0 Å². The average molecular weight is 681 g/mol. The fraction of sp³-hybridized carbons (Fsp3) is 0.300. The number of carboxylic acid groups (broad SMARTS) is 1. The number of nitrogens with one attached hydrogen (secondary N) is 1. The summed E-state index contributed by atoms with van der Waals surface area (Å²) in [6.07, 6.45) is 6.97. The third-order valence-corrected chi connectivity index (χ3v) is 7.92. The molecule has 0 saturated heterocycles. The van der Waals surface area contributed by atoms with E-state index in [1.54, 1.807) is 73.8 Å². The fourth-order valence-corrected chi connectivity index (χ4v) is 5.25. The van der Waals surface area contributed by atoms with Crippen LogP contribution in [-0.4, -0.2) is 54.0 Å². The highest BCUT2D eigenvalue weighted by Gasteiger charge is 2.20. The number of ether oxygens (including phenoxy) is 3. The van der Waals surface area contributed by atoms with Gasteiger partial charge in [0.15, 0.2) is 0 Å². The molecule has 0 atom stereocenters. The number of benzene rings is 4. The monoisotopic (exact) mass is 680 g/mol. The van der Waals surface area contributed by atoms with E-state index in [4.69, 9.17) is 14.2 Å². The third kappa shape index (κ3) is 11.8. The Hall–Kier alpha value is -5.64. The van der Waals surface area contributed by atoms with E-state index >= 15 is 0 Å². The number of carbonyl (C=O) groups is 4. The zero-order valence-corrected chi connectivity index (χ0v) is 28.6. The van der Waals surface area contributed by atoms with Crippen molar-refractivity contribution in [2.24, 2.45) is 0 Å². The lowest BCUT2D eigenvalue weighted by Gasteiger charge is -2.21. The SMILES string of the molecule is CCCCCCCCOc1ccccc1C(=O)Oc1ccc(CN(CC(=O)O)C(=O)c2ccc(NC(=O)Cc3ccc(OC)cc3)cc2)cc1. The van der Waals surface area contributed by atoms with Crippen molar-refractivity contribution in [2.45, 2.75) is 58.4 Å². The van der Waals surface area contributed by atoms with Crippen LogP contribution in [0.3, 0.4) is 0 Å². The highest BCUT2D eigenvalue weighted by molar-refractivity contribution is 5.97. The molecule has 4 aromatic rings. The van der Waals surface area contributed by atoms with Gasteiger partial charge < -0.3 is 29.5 Å². The summed E-state index contributed by atoms with van der Waals surface area (Å²) in [6, 6.07) is 27.0. The summed E-state index contributed by atoms with van der Waals surface area (Å²) in [5.74, 6) is -0.970. The van der Waals surface area contributed by atoms with E-state index in [1.807, 2.05) is 18.2 Å². The first-order valence-electron chi connectivity index (χ1n) is 16.8. The van der Waals surface area contributed by atoms with Crippen molar-refractivity contribution >= 4 is 29.4 Å². The molecule has 0 bridgehead atoms. The van der Waals surface area contributed by atoms with Crippen LogP contribution in [0.1, 0.15) is 77.3 Å². The second-order valence-corrected chi connectivity index (χ2v) is 11.9. The normalized spacial score (nSPS) is 10.6. The number of hydrogen-bond donors (Lipinski definition) is 2. The topological polar surface area (TPSA) is 131 Å². The molecule has 4 aromatic carbocycles. The lowest BCUT2D eigenvalue weighted by molar-refractivity contribution is -0.137. The Morgan fingerprint density at radius 3 is 2.06 bits per heavy atom. The van der Waals surface area contributed by atoms with E-state index in [-0.39, 0.29) is 24.4 Å². The number of para-hydroxylation sites is 1. The van der Waals surface area contributed by atoms with Crippen molar-refractivity contribution in [3.63, 3.8) is 0 Å². The van der Waals surface area contributed by atoms with E-state index in [9.17, 15) is 24.3 Å². The minimum Gasteiger partial charge on any atom is -0.497 e. The molecule has 0 saturated carbocycles. The number of methoxy groups -OCH3 is 1. The molecule has 0 aliphatic rings. The Kier molecular flexibility index (Phi) is 14.4. The molecule has 0 fully saturated rings. The van der Waals surface area contributed by atoms with Crippen LogP contribution in [0.4, 0.5) is 5.69 Å². The van der Waals surface area contributed by atoms with E-state index in [0.717, 1.165) is 18.4 Å². The number of unbranched alkanes of at least 4 members (excludes halogenated alkanes) is 5. The highest BCUT2D eigenvalue weighted by atomic mass is 16.5. The number of esters is 1. The first-order chi connectivity index (χ1) is 24.2. The van der Waals surface area contributed by atoms with Crippen LogP contribution in [0, 0.1) is 0 Å². The van der Waals surface area contributed by atoms with E-state index < -0.39 is 24.4 Å². The van der Waals surface area contributed by atoms with Gasteiger partial charge >= 0.3 is 11.9 Å². The van der Waals surface area contributed by atoms with Gasteiger partial charge in [-0.3, -0.25) is 14.4 Å². The third-order valence-electron chi connectivity index (χ3n) is 7.92. The Bertz CT molecular complexity index is 1700. The van der Waals surface area contributed by atoms with Crippen molar-refractivity contribution in [1.29, 1.82) is 0 Å². The van der Waals surface area contributed by atoms with E-state index in [2.05, 4.69) is 12.2 Å². The number of hydrogen-bond acceptors (Lipinski definition) is 7. The molecule has 0 heterocycles. The lowest BCUT2D eigenvalue weighted by atomic mass is 10.1. The van der Waals surface area contributed by atoms with Gasteiger partial charge in [-0.05, 0) is 78.2 Å². The van der Waals surface area contributed by atoms with Crippen molar-refractivity contribution in [3.8, 4) is 17.2 Å². The summed E-state index contributed by atoms with van der Waals surface area (Å²) < 4.78 is 16.6. The van der Waals surface area contributed by atoms with Gasteiger partial charge in [0.05, 0.1) is 20.1 Å². The van der Waals surface area contributed by atoms with E-state index in [0.29, 0.717) is 40.7 Å². The molecule has 0 spiro atoms. The maximum atomic E-state index is 13.3. The quantitative estimate of drug-likeness (QED) is 0.0589. The maximum Gasteiger partial charge on any atom is 0.347 e. The van der Waals surface area contributed by atoms with Gasteiger partial charge in [-0.1, -0.05) is 75.4 Å². The average Bonchev–Trinajstić information content (AvgIpc) is 3.12. The molecule has 50 heavy (non-hydrogen) atoms. The minimum atomic E-state index is -1.16. The van der Waals surface area contributed by atoms with Gasteiger partial charge in [0.1, 0.15) is 29.4 Å². The maximum absolute atomic E-state index is 13.3. The van der Waals surface area contributed by atoms with Crippen molar-refractivity contribution < 1.29 is 38.5 Å². The smallest absolute Gasteiger partial charge is 0.347 e. The lowest BCUT2D eigenvalue weighted by Crippen LogP contribution is -2.35. The predicted molar refractivity (Wildman–Crippen MR) is 191 cm³/mol. The number of carbonyl (C=O) groups excluding carboxylic acids is 3. The molecule has 10 heteroatoms. The first-order valence-corrected chi connectivity index (χ1v) is 16.8. The second-order valence-electron chi connectivity index (χ2n) is 11.9. The number of nitrogens with zero attached hydrogens (tertiary/aromatic N) is 1. The Balaban J connectivity index is 1.32. The molecular weight excluding hydrogens is 636 g/mol. The fourth-order valence-electron chi connectivity index (χ4n) is 5.25. The highest BCUT2D eigenvalue weighted by Crippen LogP contribution is 2.23. The van der Waals surface area contributed by atoms with Crippen LogP contribution >= 0.6 is 0 Å². The number of aliphatic carboxylic acids is 1. The first kappa shape index (κ1) is 37.2. The Labute approximate surface area is 293 Å². The molecule has 4 rings (SSSR count). The molecule has 2 amide bonds. The molecule has 0 radical (unpaired) electrons. The van der Waals surface area contributed by atoms with Crippen molar-refractivity contribution in [1.82, 2.24) is 4.90 Å². The molecule has 0 unspecified atom stereocenters. The number of amides is 2. The van der Waals surface area contributed by atoms with Crippen LogP contribution in [-0.2, 0) is 22.6 Å². The number of carboxylic acids is 1. The number of anilines is 1. The predicted octanol–water partition coefficient (Wildman–Crippen LogP) is 7.56. The number of rotatable bonds is 19. The van der Waals surface area contributed by atoms with Crippen LogP contribution in [0.2, 0.25) is 0 Å². The summed E-state index contributed by atoms with van der Waals surface area (Å²) in [4.78, 5) is 51.7. The van der Waals surface area contributed by atoms with Crippen molar-refractivity contribution in [2.75, 3.05) is 25.6 Å². The largest absolute Gasteiger partial charge is 0.497 e. The van der Waals surface area contributed by atoms with Gasteiger partial charge in [0.2, 0.25) is 5.91 Å². The summed E-state index contributed by atoms with van der Waals surface area (Å²) >= 11 is 0. The minimum absolute atomic E-state index is 0.00876. The van der Waals surface area contributed by atoms with Gasteiger partial charge in [0, 0.05) is 17.8 Å². The molecule has 0 aromatic heterocycles. The summed E-state index contributed by atoms with van der Waals surface area (Å²) in [5, 5.41) is 12.3. The van der Waals surface area contributed by atoms with Crippen LogP contribution in [0.25, 0.3) is 0 Å². The second kappa shape index (κ2) is 19.4. The van der Waals surface area contributed by atoms with Crippen LogP contribution in [0.15, 0.2) is 97.1 Å². The summed E-state index contributed by atoms with van der Waals surface area (Å²) in [6.45, 7) is 2.19. The van der Waals surface area contributed by atoms with Crippen molar-refractivity contribution in [3.05, 3.63) is 119 Å². The van der Waals surface area contributed by atoms with Crippen LogP contribution in [0.5, 0.6) is 17.2 Å². The molecule has 0 aliphatic heterocycles. The summed E-state index contributed by atoms with van der Waals surface area (Å²) in [7, 11) is 1.57. The standard InChI is InChI=1S/C40H44N2O8/c1-3-4-5-6-7-10-25-49-36-12-9-8-11-35(36)40(47)50-34-23-15-30(16-24-34)27-42(28-38(44)45)39(46)31-17-19-32(20-18-31)41-37(43)26-29-13-21-33(48-2)22-14-29/h8-9,11-24H,3-7,10,25-28H2,1-2H3,(H,41,43)(H,44,45). The molecular formula is C40H44N2O8. The van der Waals surface area contributed by atoms with Gasteiger partial charge in [-0.25, -0.2) is 4.79 Å². The van der Waals surface area contributed by atoms with Crippen LogP contribution < -0.4 is 19.5 Å². The zero-order valence-electron chi connectivity index (χ0n) is 28.6. The van der Waals surface area contributed by atoms with Gasteiger partial charge in [0.25, 0.3) is 5.91 Å².